The van der Waals surface area contributed by atoms with Gasteiger partial charge in [-0.15, -0.1) is 0 Å². The predicted octanol–water partition coefficient (Wildman–Crippen LogP) is 2.47. The number of hydrogen-bond donors (Lipinski definition) is 2. The molecule has 2 fully saturated rings. The molecule has 2 heterocycles. The summed E-state index contributed by atoms with van der Waals surface area (Å²) in [5.74, 6) is -0.354. The number of aryl methyl sites for hydroxylation is 1. The van der Waals surface area contributed by atoms with Gasteiger partial charge in [0.15, 0.2) is 0 Å². The van der Waals surface area contributed by atoms with Gasteiger partial charge in [-0.3, -0.25) is 0 Å². The third-order valence-corrected chi connectivity index (χ3v) is 7.19. The zero-order chi connectivity index (χ0) is 17.8. The standard InChI is InChI=1S/C20H26O5/c1-12-16(22)9-20-11-25-18(23)14(20)3-4-15(21)17(20)19(12,2)7-5-13-6-8-24-10-13/h3,6,8,10,12,15-17,21-22H,4-5,7,9,11H2,1-2H3/t12-,15+,16-,17+,19+,20-/m1/s1. The first-order valence-corrected chi connectivity index (χ1v) is 9.13. The van der Waals surface area contributed by atoms with E-state index in [1.54, 1.807) is 12.5 Å². The minimum atomic E-state index is -0.564. The summed E-state index contributed by atoms with van der Waals surface area (Å²) in [6.07, 6.45) is 6.78. The van der Waals surface area contributed by atoms with E-state index in [-0.39, 0.29) is 29.8 Å². The molecule has 5 nitrogen and oxygen atoms in total. The van der Waals surface area contributed by atoms with E-state index in [0.29, 0.717) is 18.4 Å². The van der Waals surface area contributed by atoms with Gasteiger partial charge in [0.2, 0.25) is 0 Å². The molecule has 1 saturated heterocycles. The van der Waals surface area contributed by atoms with Crippen molar-refractivity contribution in [2.75, 3.05) is 6.61 Å². The maximum atomic E-state index is 12.2. The van der Waals surface area contributed by atoms with Crippen LogP contribution in [0.1, 0.15) is 38.7 Å². The van der Waals surface area contributed by atoms with Crippen LogP contribution in [0.25, 0.3) is 0 Å². The van der Waals surface area contributed by atoms with Gasteiger partial charge < -0.3 is 19.4 Å². The molecule has 2 N–H and O–H groups in total. The molecule has 1 saturated carbocycles. The Morgan fingerprint density at radius 2 is 2.12 bits per heavy atom. The van der Waals surface area contributed by atoms with Crippen molar-refractivity contribution in [3.63, 3.8) is 0 Å². The summed E-state index contributed by atoms with van der Waals surface area (Å²) in [4.78, 5) is 12.2. The fraction of sp³-hybridized carbons (Fsp3) is 0.650. The van der Waals surface area contributed by atoms with Crippen molar-refractivity contribution in [3.05, 3.63) is 35.8 Å². The Morgan fingerprint density at radius 1 is 1.32 bits per heavy atom. The number of furan rings is 1. The van der Waals surface area contributed by atoms with Crippen LogP contribution in [0, 0.1) is 22.7 Å². The van der Waals surface area contributed by atoms with Crippen molar-refractivity contribution >= 4 is 5.97 Å². The Hall–Kier alpha value is -1.59. The van der Waals surface area contributed by atoms with Crippen LogP contribution < -0.4 is 0 Å². The molecule has 0 bridgehead atoms. The molecule has 6 atom stereocenters. The minimum Gasteiger partial charge on any atom is -0.472 e. The molecule has 0 radical (unpaired) electrons. The van der Waals surface area contributed by atoms with Gasteiger partial charge in [-0.25, -0.2) is 4.79 Å². The van der Waals surface area contributed by atoms with E-state index < -0.39 is 17.6 Å². The zero-order valence-corrected chi connectivity index (χ0v) is 14.8. The Bertz CT molecular complexity index is 693. The first kappa shape index (κ1) is 16.9. The van der Waals surface area contributed by atoms with Gasteiger partial charge in [-0.1, -0.05) is 19.9 Å². The van der Waals surface area contributed by atoms with Crippen LogP contribution in [0.4, 0.5) is 0 Å². The van der Waals surface area contributed by atoms with Crippen molar-refractivity contribution < 1.29 is 24.2 Å². The van der Waals surface area contributed by atoms with Gasteiger partial charge in [0.1, 0.15) is 6.61 Å². The summed E-state index contributed by atoms with van der Waals surface area (Å²) in [7, 11) is 0. The van der Waals surface area contributed by atoms with Crippen LogP contribution in [-0.4, -0.2) is 35.0 Å². The van der Waals surface area contributed by atoms with Gasteiger partial charge in [-0.05, 0) is 48.6 Å². The topological polar surface area (TPSA) is 79.9 Å². The molecule has 0 amide bonds. The lowest BCUT2D eigenvalue weighted by Crippen LogP contribution is -2.60. The van der Waals surface area contributed by atoms with E-state index in [2.05, 4.69) is 13.8 Å². The molecule has 25 heavy (non-hydrogen) atoms. The summed E-state index contributed by atoms with van der Waals surface area (Å²) < 4.78 is 10.6. The quantitative estimate of drug-likeness (QED) is 0.822. The van der Waals surface area contributed by atoms with Crippen molar-refractivity contribution in [1.82, 2.24) is 0 Å². The van der Waals surface area contributed by atoms with Crippen LogP contribution in [0.15, 0.2) is 34.7 Å². The number of ether oxygens (including phenoxy) is 1. The summed E-state index contributed by atoms with van der Waals surface area (Å²) in [6.45, 7) is 4.49. The number of cyclic esters (lactones) is 1. The molecule has 4 rings (SSSR count). The first-order chi connectivity index (χ1) is 11.9. The average Bonchev–Trinajstić information content (AvgIpc) is 3.19. The summed E-state index contributed by atoms with van der Waals surface area (Å²) >= 11 is 0. The molecule has 136 valence electrons. The van der Waals surface area contributed by atoms with E-state index in [9.17, 15) is 15.0 Å². The number of rotatable bonds is 3. The number of hydrogen-bond acceptors (Lipinski definition) is 5. The largest absolute Gasteiger partial charge is 0.472 e. The fourth-order valence-corrected chi connectivity index (χ4v) is 5.71. The Balaban J connectivity index is 1.74. The third kappa shape index (κ3) is 2.32. The normalized spacial score (nSPS) is 43.2. The number of aliphatic hydroxyl groups is 2. The number of carbonyl (C=O) groups excluding carboxylic acids is 1. The monoisotopic (exact) mass is 346 g/mol. The number of carbonyl (C=O) groups is 1. The summed E-state index contributed by atoms with van der Waals surface area (Å²) in [5.41, 5.74) is 0.916. The van der Waals surface area contributed by atoms with Crippen molar-refractivity contribution in [3.8, 4) is 0 Å². The molecule has 0 aromatic carbocycles. The summed E-state index contributed by atoms with van der Waals surface area (Å²) in [5, 5.41) is 21.7. The smallest absolute Gasteiger partial charge is 0.334 e. The highest BCUT2D eigenvalue weighted by atomic mass is 16.5. The van der Waals surface area contributed by atoms with E-state index in [0.717, 1.165) is 18.4 Å². The Labute approximate surface area is 147 Å². The average molecular weight is 346 g/mol. The molecule has 1 spiro atoms. The van der Waals surface area contributed by atoms with Gasteiger partial charge in [-0.2, -0.15) is 0 Å². The lowest BCUT2D eigenvalue weighted by atomic mass is 9.45. The third-order valence-electron chi connectivity index (χ3n) is 7.19. The lowest BCUT2D eigenvalue weighted by Gasteiger charge is -2.59. The highest BCUT2D eigenvalue weighted by Crippen LogP contribution is 2.63. The highest BCUT2D eigenvalue weighted by Gasteiger charge is 2.65. The van der Waals surface area contributed by atoms with Crippen LogP contribution >= 0.6 is 0 Å². The second-order valence-electron chi connectivity index (χ2n) is 8.33. The predicted molar refractivity (Wildman–Crippen MR) is 90.5 cm³/mol. The Kier molecular flexibility index (Phi) is 3.85. The maximum Gasteiger partial charge on any atom is 0.334 e. The summed E-state index contributed by atoms with van der Waals surface area (Å²) in [6, 6.07) is 1.95. The number of esters is 1. The second kappa shape index (κ2) is 5.71. The lowest BCUT2D eigenvalue weighted by molar-refractivity contribution is -0.162. The molecule has 1 aromatic rings. The first-order valence-electron chi connectivity index (χ1n) is 9.13. The van der Waals surface area contributed by atoms with Gasteiger partial charge in [0.25, 0.3) is 0 Å². The molecule has 5 heteroatoms. The van der Waals surface area contributed by atoms with Crippen LogP contribution in [-0.2, 0) is 16.0 Å². The van der Waals surface area contributed by atoms with E-state index >= 15 is 0 Å². The minimum absolute atomic E-state index is 0.0275. The molecule has 1 aliphatic heterocycles. The SMILES string of the molecule is C[C@@H]1[C@H](O)C[C@@]23COC(=O)C2=CC[C@H](O)[C@H]3[C@@]1(C)CCc1ccoc1. The maximum absolute atomic E-state index is 12.2. The van der Waals surface area contributed by atoms with E-state index in [1.165, 1.54) is 0 Å². The van der Waals surface area contributed by atoms with Crippen molar-refractivity contribution in [1.29, 1.82) is 0 Å². The van der Waals surface area contributed by atoms with Gasteiger partial charge in [0, 0.05) is 16.9 Å². The molecular formula is C20H26O5. The number of aliphatic hydroxyl groups excluding tert-OH is 2. The fourth-order valence-electron chi connectivity index (χ4n) is 5.71. The highest BCUT2D eigenvalue weighted by molar-refractivity contribution is 5.92. The van der Waals surface area contributed by atoms with Crippen molar-refractivity contribution in [2.24, 2.45) is 22.7 Å². The molecule has 2 aliphatic carbocycles. The molecule has 3 aliphatic rings. The zero-order valence-electron chi connectivity index (χ0n) is 14.8. The molecule has 1 aromatic heterocycles. The van der Waals surface area contributed by atoms with Crippen LogP contribution in [0.2, 0.25) is 0 Å². The molecule has 0 unspecified atom stereocenters. The second-order valence-corrected chi connectivity index (χ2v) is 8.33. The van der Waals surface area contributed by atoms with Gasteiger partial charge in [0.05, 0.1) is 24.7 Å². The van der Waals surface area contributed by atoms with Crippen LogP contribution in [0.5, 0.6) is 0 Å². The van der Waals surface area contributed by atoms with Crippen LogP contribution in [0.3, 0.4) is 0 Å². The van der Waals surface area contributed by atoms with E-state index in [1.807, 2.05) is 12.1 Å². The Morgan fingerprint density at radius 3 is 2.84 bits per heavy atom. The molecular weight excluding hydrogens is 320 g/mol. The van der Waals surface area contributed by atoms with E-state index in [4.69, 9.17) is 9.15 Å². The van der Waals surface area contributed by atoms with Gasteiger partial charge >= 0.3 is 5.97 Å². The van der Waals surface area contributed by atoms with Crippen molar-refractivity contribution in [2.45, 2.75) is 51.7 Å².